The van der Waals surface area contributed by atoms with E-state index in [0.717, 1.165) is 17.1 Å². The molecule has 0 atom stereocenters. The van der Waals surface area contributed by atoms with E-state index in [0.29, 0.717) is 0 Å². The number of hydrogen-bond donors (Lipinski definition) is 0. The Kier molecular flexibility index (Phi) is 2.72. The molecule has 15 heavy (non-hydrogen) atoms. The van der Waals surface area contributed by atoms with Crippen LogP contribution in [0, 0.1) is 0 Å². The summed E-state index contributed by atoms with van der Waals surface area (Å²) in [5.74, 6) is 1.64. The lowest BCUT2D eigenvalue weighted by molar-refractivity contribution is 0.242. The van der Waals surface area contributed by atoms with Gasteiger partial charge in [0.05, 0.1) is 12.3 Å². The van der Waals surface area contributed by atoms with Crippen molar-refractivity contribution in [3.63, 3.8) is 0 Å². The fourth-order valence-electron chi connectivity index (χ4n) is 1.33. The van der Waals surface area contributed by atoms with Gasteiger partial charge in [0.15, 0.2) is 5.76 Å². The van der Waals surface area contributed by atoms with E-state index in [4.69, 9.17) is 9.26 Å². The first-order valence-electron chi connectivity index (χ1n) is 4.93. The Morgan fingerprint density at radius 1 is 1.13 bits per heavy atom. The molecule has 1 aromatic carbocycles. The van der Waals surface area contributed by atoms with Gasteiger partial charge in [-0.2, -0.15) is 0 Å². The summed E-state index contributed by atoms with van der Waals surface area (Å²) in [7, 11) is 0. The number of rotatable bonds is 3. The second kappa shape index (κ2) is 4.17. The van der Waals surface area contributed by atoms with Gasteiger partial charge in [-0.25, -0.2) is 0 Å². The highest BCUT2D eigenvalue weighted by atomic mass is 16.5. The maximum atomic E-state index is 5.54. The molecule has 3 heteroatoms. The Balaban J connectivity index is 2.17. The molecule has 0 aliphatic carbocycles. The highest BCUT2D eigenvalue weighted by molar-refractivity contribution is 5.57. The monoisotopic (exact) mass is 203 g/mol. The Morgan fingerprint density at radius 3 is 2.40 bits per heavy atom. The molecular formula is C12H13NO2. The zero-order valence-electron chi connectivity index (χ0n) is 8.81. The molecule has 1 aromatic heterocycles. The molecular weight excluding hydrogens is 190 g/mol. The summed E-state index contributed by atoms with van der Waals surface area (Å²) in [6, 6.07) is 9.60. The predicted molar refractivity (Wildman–Crippen MR) is 57.7 cm³/mol. The topological polar surface area (TPSA) is 35.3 Å². The molecule has 0 spiro atoms. The van der Waals surface area contributed by atoms with Gasteiger partial charge in [0.2, 0.25) is 0 Å². The number of nitrogens with zero attached hydrogens (tertiary/aromatic N) is 1. The molecule has 0 bridgehead atoms. The Bertz CT molecular complexity index is 404. The van der Waals surface area contributed by atoms with E-state index in [-0.39, 0.29) is 6.10 Å². The van der Waals surface area contributed by atoms with E-state index in [9.17, 15) is 0 Å². The fourth-order valence-corrected chi connectivity index (χ4v) is 1.33. The van der Waals surface area contributed by atoms with Gasteiger partial charge in [-0.1, -0.05) is 5.16 Å². The second-order valence-electron chi connectivity index (χ2n) is 3.57. The van der Waals surface area contributed by atoms with Crippen LogP contribution in [-0.4, -0.2) is 11.3 Å². The zero-order valence-corrected chi connectivity index (χ0v) is 8.81. The van der Waals surface area contributed by atoms with Crippen LogP contribution in [0.15, 0.2) is 41.1 Å². The van der Waals surface area contributed by atoms with Crippen molar-refractivity contribution in [3.8, 4) is 17.1 Å². The van der Waals surface area contributed by atoms with Crippen LogP contribution in [0.5, 0.6) is 5.75 Å². The molecule has 3 nitrogen and oxygen atoms in total. The van der Waals surface area contributed by atoms with Gasteiger partial charge < -0.3 is 9.26 Å². The lowest BCUT2D eigenvalue weighted by Gasteiger charge is -2.09. The Morgan fingerprint density at radius 2 is 1.87 bits per heavy atom. The van der Waals surface area contributed by atoms with Gasteiger partial charge >= 0.3 is 0 Å². The molecule has 0 saturated heterocycles. The van der Waals surface area contributed by atoms with Crippen LogP contribution in [0.3, 0.4) is 0 Å². The first kappa shape index (κ1) is 9.77. The van der Waals surface area contributed by atoms with Crippen LogP contribution in [0.1, 0.15) is 13.8 Å². The standard InChI is InChI=1S/C12H13NO2/c1-9(2)14-11-5-3-10(4-6-11)12-7-8-13-15-12/h3-9H,1-2H3. The molecule has 0 unspecified atom stereocenters. The minimum Gasteiger partial charge on any atom is -0.491 e. The zero-order chi connectivity index (χ0) is 10.7. The quantitative estimate of drug-likeness (QED) is 0.768. The normalized spacial score (nSPS) is 10.6. The molecule has 78 valence electrons. The van der Waals surface area contributed by atoms with Gasteiger partial charge in [-0.3, -0.25) is 0 Å². The van der Waals surface area contributed by atoms with E-state index in [1.54, 1.807) is 6.20 Å². The third kappa shape index (κ3) is 2.37. The molecule has 0 N–H and O–H groups in total. The van der Waals surface area contributed by atoms with Crippen molar-refractivity contribution in [3.05, 3.63) is 36.5 Å². The van der Waals surface area contributed by atoms with Gasteiger partial charge in [0, 0.05) is 11.6 Å². The average molecular weight is 203 g/mol. The van der Waals surface area contributed by atoms with Crippen LogP contribution in [0.25, 0.3) is 11.3 Å². The molecule has 0 fully saturated rings. The molecule has 2 rings (SSSR count). The van der Waals surface area contributed by atoms with E-state index >= 15 is 0 Å². The SMILES string of the molecule is CC(C)Oc1ccc(-c2ccno2)cc1. The molecule has 1 heterocycles. The molecule has 0 radical (unpaired) electrons. The van der Waals surface area contributed by atoms with Crippen LogP contribution >= 0.6 is 0 Å². The van der Waals surface area contributed by atoms with E-state index in [1.165, 1.54) is 0 Å². The van der Waals surface area contributed by atoms with Gasteiger partial charge in [0.1, 0.15) is 5.75 Å². The lowest BCUT2D eigenvalue weighted by atomic mass is 10.2. The first-order chi connectivity index (χ1) is 7.25. The minimum atomic E-state index is 0.195. The smallest absolute Gasteiger partial charge is 0.166 e. The summed E-state index contributed by atoms with van der Waals surface area (Å²) in [5.41, 5.74) is 1.00. The summed E-state index contributed by atoms with van der Waals surface area (Å²) in [4.78, 5) is 0. The highest BCUT2D eigenvalue weighted by Crippen LogP contribution is 2.22. The maximum Gasteiger partial charge on any atom is 0.166 e. The maximum absolute atomic E-state index is 5.54. The van der Waals surface area contributed by atoms with E-state index in [2.05, 4.69) is 5.16 Å². The number of benzene rings is 1. The van der Waals surface area contributed by atoms with Crippen LogP contribution in [-0.2, 0) is 0 Å². The molecule has 0 amide bonds. The van der Waals surface area contributed by atoms with Crippen LogP contribution in [0.4, 0.5) is 0 Å². The fraction of sp³-hybridized carbons (Fsp3) is 0.250. The highest BCUT2D eigenvalue weighted by Gasteiger charge is 2.02. The Labute approximate surface area is 88.7 Å². The van der Waals surface area contributed by atoms with E-state index in [1.807, 2.05) is 44.2 Å². The van der Waals surface area contributed by atoms with Gasteiger partial charge in [0.25, 0.3) is 0 Å². The second-order valence-corrected chi connectivity index (χ2v) is 3.57. The minimum absolute atomic E-state index is 0.195. The number of aromatic nitrogens is 1. The Hall–Kier alpha value is -1.77. The van der Waals surface area contributed by atoms with Crippen molar-refractivity contribution in [2.24, 2.45) is 0 Å². The summed E-state index contributed by atoms with van der Waals surface area (Å²) >= 11 is 0. The predicted octanol–water partition coefficient (Wildman–Crippen LogP) is 3.13. The molecule has 0 saturated carbocycles. The van der Waals surface area contributed by atoms with Crippen molar-refractivity contribution in [1.82, 2.24) is 5.16 Å². The third-order valence-corrected chi connectivity index (χ3v) is 1.95. The summed E-state index contributed by atoms with van der Waals surface area (Å²) in [6.45, 7) is 4.01. The lowest BCUT2D eigenvalue weighted by Crippen LogP contribution is -2.05. The van der Waals surface area contributed by atoms with Gasteiger partial charge in [-0.15, -0.1) is 0 Å². The molecule has 0 aliphatic rings. The summed E-state index contributed by atoms with van der Waals surface area (Å²) < 4.78 is 10.6. The van der Waals surface area contributed by atoms with Gasteiger partial charge in [-0.05, 0) is 38.1 Å². The van der Waals surface area contributed by atoms with Crippen molar-refractivity contribution < 1.29 is 9.26 Å². The van der Waals surface area contributed by atoms with Crippen molar-refractivity contribution in [1.29, 1.82) is 0 Å². The number of ether oxygens (including phenoxy) is 1. The summed E-state index contributed by atoms with van der Waals surface area (Å²) in [6.07, 6.45) is 1.83. The average Bonchev–Trinajstić information content (AvgIpc) is 2.71. The molecule has 2 aromatic rings. The van der Waals surface area contributed by atoms with Crippen LogP contribution < -0.4 is 4.74 Å². The molecule has 0 aliphatic heterocycles. The van der Waals surface area contributed by atoms with Crippen molar-refractivity contribution >= 4 is 0 Å². The van der Waals surface area contributed by atoms with Crippen molar-refractivity contribution in [2.45, 2.75) is 20.0 Å². The largest absolute Gasteiger partial charge is 0.491 e. The van der Waals surface area contributed by atoms with Crippen molar-refractivity contribution in [2.75, 3.05) is 0 Å². The summed E-state index contributed by atoms with van der Waals surface area (Å²) in [5, 5.41) is 3.66. The third-order valence-electron chi connectivity index (χ3n) is 1.95. The van der Waals surface area contributed by atoms with Crippen LogP contribution in [0.2, 0.25) is 0 Å². The first-order valence-corrected chi connectivity index (χ1v) is 4.93. The number of hydrogen-bond acceptors (Lipinski definition) is 3. The van der Waals surface area contributed by atoms with E-state index < -0.39 is 0 Å².